The highest BCUT2D eigenvalue weighted by Crippen LogP contribution is 2.29. The Morgan fingerprint density at radius 2 is 2.55 bits per heavy atom. The van der Waals surface area contributed by atoms with Crippen LogP contribution < -0.4 is 5.32 Å². The second-order valence-electron chi connectivity index (χ2n) is 4.59. The van der Waals surface area contributed by atoms with Crippen LogP contribution in [-0.2, 0) is 4.79 Å². The van der Waals surface area contributed by atoms with Crippen LogP contribution in [0.4, 0.5) is 5.13 Å². The third-order valence-corrected chi connectivity index (χ3v) is 3.76. The number of anilines is 1. The van der Waals surface area contributed by atoms with E-state index in [1.54, 1.807) is 12.4 Å². The van der Waals surface area contributed by atoms with Crippen molar-refractivity contribution >= 4 is 22.4 Å². The second-order valence-corrected chi connectivity index (χ2v) is 5.43. The lowest BCUT2D eigenvalue weighted by molar-refractivity contribution is -0.117. The zero-order chi connectivity index (χ0) is 13.9. The number of aromatic nitrogens is 4. The van der Waals surface area contributed by atoms with Crippen LogP contribution in [0.1, 0.15) is 30.6 Å². The van der Waals surface area contributed by atoms with Crippen LogP contribution in [0.2, 0.25) is 0 Å². The number of hydrogen-bond acceptors (Lipinski definition) is 8. The second kappa shape index (κ2) is 5.63. The van der Waals surface area contributed by atoms with Crippen molar-refractivity contribution in [2.24, 2.45) is 0 Å². The Bertz CT molecular complexity index is 584. The maximum absolute atomic E-state index is 12.0. The van der Waals surface area contributed by atoms with Gasteiger partial charge >= 0.3 is 0 Å². The van der Waals surface area contributed by atoms with Crippen molar-refractivity contribution in [2.45, 2.75) is 25.8 Å². The topological polar surface area (TPSA) is 97.0 Å². The van der Waals surface area contributed by atoms with Gasteiger partial charge in [0.1, 0.15) is 5.51 Å². The SMILES string of the molecule is Cc1nc([C@H]2CCCN2CC(=O)Nc2nncs2)no1. The summed E-state index contributed by atoms with van der Waals surface area (Å²) in [5.74, 6) is 1.10. The molecule has 1 aliphatic rings. The number of aryl methyl sites for hydroxylation is 1. The van der Waals surface area contributed by atoms with Gasteiger partial charge < -0.3 is 4.52 Å². The molecule has 2 aromatic heterocycles. The maximum Gasteiger partial charge on any atom is 0.240 e. The van der Waals surface area contributed by atoms with Crippen molar-refractivity contribution in [3.8, 4) is 0 Å². The van der Waals surface area contributed by atoms with Crippen LogP contribution in [0.5, 0.6) is 0 Å². The highest BCUT2D eigenvalue weighted by molar-refractivity contribution is 7.13. The fourth-order valence-corrected chi connectivity index (χ4v) is 2.79. The summed E-state index contributed by atoms with van der Waals surface area (Å²) in [6, 6.07) is 0.0487. The van der Waals surface area contributed by atoms with Gasteiger partial charge in [-0.05, 0) is 19.4 Å². The third-order valence-electron chi connectivity index (χ3n) is 3.16. The first-order valence-electron chi connectivity index (χ1n) is 6.32. The molecule has 0 bridgehead atoms. The van der Waals surface area contributed by atoms with Crippen molar-refractivity contribution in [1.82, 2.24) is 25.2 Å². The van der Waals surface area contributed by atoms with Gasteiger partial charge in [0.05, 0.1) is 12.6 Å². The van der Waals surface area contributed by atoms with E-state index in [9.17, 15) is 4.79 Å². The Morgan fingerprint density at radius 3 is 3.25 bits per heavy atom. The number of likely N-dealkylation sites (tertiary alicyclic amines) is 1. The minimum absolute atomic E-state index is 0.0487. The fraction of sp³-hybridized carbons (Fsp3) is 0.545. The van der Waals surface area contributed by atoms with Crippen LogP contribution in [0.3, 0.4) is 0 Å². The highest BCUT2D eigenvalue weighted by atomic mass is 32.1. The van der Waals surface area contributed by atoms with E-state index in [1.165, 1.54) is 11.3 Å². The number of carbonyl (C=O) groups excluding carboxylic acids is 1. The molecule has 9 heteroatoms. The summed E-state index contributed by atoms with van der Waals surface area (Å²) in [6.45, 7) is 2.90. The summed E-state index contributed by atoms with van der Waals surface area (Å²) in [6.07, 6.45) is 1.95. The van der Waals surface area contributed by atoms with Crippen molar-refractivity contribution in [2.75, 3.05) is 18.4 Å². The van der Waals surface area contributed by atoms with Crippen molar-refractivity contribution in [1.29, 1.82) is 0 Å². The minimum atomic E-state index is -0.103. The Balaban J connectivity index is 1.62. The van der Waals surface area contributed by atoms with Crippen LogP contribution in [0, 0.1) is 6.92 Å². The number of amides is 1. The molecule has 0 unspecified atom stereocenters. The number of nitrogens with zero attached hydrogens (tertiary/aromatic N) is 5. The average molecular weight is 294 g/mol. The Morgan fingerprint density at radius 1 is 1.65 bits per heavy atom. The first-order valence-corrected chi connectivity index (χ1v) is 7.20. The highest BCUT2D eigenvalue weighted by Gasteiger charge is 2.31. The molecular weight excluding hydrogens is 280 g/mol. The zero-order valence-corrected chi connectivity index (χ0v) is 11.8. The van der Waals surface area contributed by atoms with Crippen LogP contribution in [0.25, 0.3) is 0 Å². The van der Waals surface area contributed by atoms with E-state index in [-0.39, 0.29) is 18.5 Å². The van der Waals surface area contributed by atoms with Gasteiger partial charge in [0, 0.05) is 6.92 Å². The van der Waals surface area contributed by atoms with Gasteiger partial charge in [0.25, 0.3) is 0 Å². The molecule has 0 aromatic carbocycles. The van der Waals surface area contributed by atoms with E-state index in [0.717, 1.165) is 19.4 Å². The van der Waals surface area contributed by atoms with Gasteiger partial charge in [-0.25, -0.2) is 0 Å². The van der Waals surface area contributed by atoms with Gasteiger partial charge in [-0.1, -0.05) is 16.5 Å². The largest absolute Gasteiger partial charge is 0.340 e. The first-order chi connectivity index (χ1) is 9.72. The Hall–Kier alpha value is -1.87. The summed E-state index contributed by atoms with van der Waals surface area (Å²) in [5, 5.41) is 14.7. The lowest BCUT2D eigenvalue weighted by Gasteiger charge is -2.20. The molecule has 8 nitrogen and oxygen atoms in total. The standard InChI is InChI=1S/C11H14N6O2S/c1-7-13-10(16-19-7)8-3-2-4-17(8)5-9(18)14-11-15-12-6-20-11/h6,8H,2-5H2,1H3,(H,14,15,18)/t8-/m1/s1. The number of hydrogen-bond donors (Lipinski definition) is 1. The van der Waals surface area contributed by atoms with E-state index >= 15 is 0 Å². The normalized spacial score (nSPS) is 19.4. The molecular formula is C11H14N6O2S. The molecule has 1 amide bonds. The maximum atomic E-state index is 12.0. The van der Waals surface area contributed by atoms with E-state index in [2.05, 4.69) is 30.6 Å². The minimum Gasteiger partial charge on any atom is -0.340 e. The molecule has 20 heavy (non-hydrogen) atoms. The molecule has 0 aliphatic carbocycles. The molecule has 3 heterocycles. The summed E-state index contributed by atoms with van der Waals surface area (Å²) < 4.78 is 5.01. The number of rotatable bonds is 4. The van der Waals surface area contributed by atoms with Crippen molar-refractivity contribution in [3.63, 3.8) is 0 Å². The van der Waals surface area contributed by atoms with Gasteiger partial charge in [-0.15, -0.1) is 10.2 Å². The average Bonchev–Trinajstić information content (AvgIpc) is 3.11. The van der Waals surface area contributed by atoms with Crippen molar-refractivity contribution < 1.29 is 9.32 Å². The molecule has 0 radical (unpaired) electrons. The summed E-state index contributed by atoms with van der Waals surface area (Å²) in [5.41, 5.74) is 1.58. The molecule has 1 N–H and O–H groups in total. The molecule has 0 spiro atoms. The smallest absolute Gasteiger partial charge is 0.240 e. The third kappa shape index (κ3) is 2.83. The summed E-state index contributed by atoms with van der Waals surface area (Å²) >= 11 is 1.30. The van der Waals surface area contributed by atoms with E-state index in [0.29, 0.717) is 16.8 Å². The predicted octanol–water partition coefficient (Wildman–Crippen LogP) is 1.01. The van der Waals surface area contributed by atoms with Gasteiger partial charge in [0.15, 0.2) is 5.82 Å². The fourth-order valence-electron chi connectivity index (χ4n) is 2.33. The molecule has 0 saturated carbocycles. The molecule has 2 aromatic rings. The number of carbonyl (C=O) groups is 1. The van der Waals surface area contributed by atoms with E-state index in [4.69, 9.17) is 4.52 Å². The summed E-state index contributed by atoms with van der Waals surface area (Å²) in [4.78, 5) is 18.3. The summed E-state index contributed by atoms with van der Waals surface area (Å²) in [7, 11) is 0. The predicted molar refractivity (Wildman–Crippen MR) is 71.1 cm³/mol. The van der Waals surface area contributed by atoms with Crippen LogP contribution >= 0.6 is 11.3 Å². The van der Waals surface area contributed by atoms with Gasteiger partial charge in [-0.2, -0.15) is 4.98 Å². The van der Waals surface area contributed by atoms with Gasteiger partial charge in [0.2, 0.25) is 16.9 Å². The quantitative estimate of drug-likeness (QED) is 0.898. The molecule has 106 valence electrons. The lowest BCUT2D eigenvalue weighted by Crippen LogP contribution is -2.33. The monoisotopic (exact) mass is 294 g/mol. The molecule has 1 saturated heterocycles. The molecule has 3 rings (SSSR count). The molecule has 1 fully saturated rings. The van der Waals surface area contributed by atoms with Gasteiger partial charge in [-0.3, -0.25) is 15.0 Å². The first kappa shape index (κ1) is 13.1. The number of nitrogens with one attached hydrogen (secondary N) is 1. The molecule has 1 aliphatic heterocycles. The van der Waals surface area contributed by atoms with E-state index in [1.807, 2.05) is 0 Å². The van der Waals surface area contributed by atoms with E-state index < -0.39 is 0 Å². The van der Waals surface area contributed by atoms with Crippen LogP contribution in [-0.4, -0.2) is 44.2 Å². The van der Waals surface area contributed by atoms with Crippen molar-refractivity contribution in [3.05, 3.63) is 17.2 Å². The Kier molecular flexibility index (Phi) is 3.70. The van der Waals surface area contributed by atoms with Crippen LogP contribution in [0.15, 0.2) is 10.0 Å². The Labute approximate surface area is 119 Å². The molecule has 1 atom stereocenters. The lowest BCUT2D eigenvalue weighted by atomic mass is 10.2. The zero-order valence-electron chi connectivity index (χ0n) is 10.9.